The lowest BCUT2D eigenvalue weighted by atomic mass is 9.82. The summed E-state index contributed by atoms with van der Waals surface area (Å²) in [6.45, 7) is 1.75. The first-order chi connectivity index (χ1) is 17.4. The van der Waals surface area contributed by atoms with Crippen LogP contribution in [0.1, 0.15) is 24.0 Å². The Balaban J connectivity index is 1.74. The highest BCUT2D eigenvalue weighted by atomic mass is 35.5. The number of methoxy groups -OCH3 is 1. The van der Waals surface area contributed by atoms with E-state index in [2.05, 4.69) is 16.7 Å². The maximum atomic E-state index is 15.1. The number of nitriles is 1. The Hall–Kier alpha value is -3.73. The molecule has 0 saturated carbocycles. The molecular weight excluding hydrogens is 497 g/mol. The summed E-state index contributed by atoms with van der Waals surface area (Å²) in [4.78, 5) is 13.6. The first-order valence-electron chi connectivity index (χ1n) is 11.1. The van der Waals surface area contributed by atoms with Crippen LogP contribution < -0.4 is 15.4 Å². The Morgan fingerprint density at radius 2 is 1.83 bits per heavy atom. The first-order valence-corrected chi connectivity index (χ1v) is 12.5. The van der Waals surface area contributed by atoms with Crippen LogP contribution in [0.2, 0.25) is 5.02 Å². The number of benzene rings is 3. The average molecular weight is 520 g/mol. The quantitative estimate of drug-likeness (QED) is 0.361. The fraction of sp³-hybridized carbons (Fsp3) is 0.143. The minimum Gasteiger partial charge on any atom is -0.495 e. The van der Waals surface area contributed by atoms with Crippen LogP contribution in [0.5, 0.6) is 5.75 Å². The zero-order valence-electron chi connectivity index (χ0n) is 19.6. The smallest absolute Gasteiger partial charge is 0.254 e. The van der Waals surface area contributed by atoms with Gasteiger partial charge in [0.15, 0.2) is 0 Å². The molecule has 36 heavy (non-hydrogen) atoms. The van der Waals surface area contributed by atoms with Crippen molar-refractivity contribution in [3.05, 3.63) is 117 Å². The number of amides is 1. The van der Waals surface area contributed by atoms with Gasteiger partial charge in [0.1, 0.15) is 11.6 Å². The molecule has 1 aliphatic heterocycles. The van der Waals surface area contributed by atoms with Gasteiger partial charge in [-0.2, -0.15) is 5.26 Å². The van der Waals surface area contributed by atoms with Crippen molar-refractivity contribution < 1.29 is 13.9 Å². The molecule has 182 valence electrons. The van der Waals surface area contributed by atoms with Crippen LogP contribution in [0.15, 0.2) is 94.7 Å². The molecule has 1 aliphatic rings. The predicted octanol–water partition coefficient (Wildman–Crippen LogP) is 6.76. The number of dihydropyridines is 1. The standard InChI is InChI=1S/C28H23ClFN3O2S/c1-17-25(27(34)33-23-9-5-6-10-24(23)35-2)26(20-7-3-4-8-22(20)30)21(15-31)28(32-17)36-16-18-11-13-19(29)14-12-18/h3-14,26,32H,16H2,1-2H3,(H,33,34)/t26-/m1/s1. The predicted molar refractivity (Wildman–Crippen MR) is 142 cm³/mol. The molecule has 1 amide bonds. The highest BCUT2D eigenvalue weighted by Crippen LogP contribution is 2.42. The molecular formula is C28H23ClFN3O2S. The van der Waals surface area contributed by atoms with Crippen molar-refractivity contribution in [3.63, 3.8) is 0 Å². The van der Waals surface area contributed by atoms with E-state index in [0.717, 1.165) is 5.56 Å². The van der Waals surface area contributed by atoms with Crippen LogP contribution in [0.4, 0.5) is 10.1 Å². The number of rotatable bonds is 7. The lowest BCUT2D eigenvalue weighted by Crippen LogP contribution is -2.31. The summed E-state index contributed by atoms with van der Waals surface area (Å²) in [6.07, 6.45) is 0. The van der Waals surface area contributed by atoms with E-state index in [4.69, 9.17) is 16.3 Å². The van der Waals surface area contributed by atoms with E-state index in [0.29, 0.717) is 32.9 Å². The molecule has 4 rings (SSSR count). The van der Waals surface area contributed by atoms with Gasteiger partial charge in [0.25, 0.3) is 5.91 Å². The van der Waals surface area contributed by atoms with E-state index in [1.54, 1.807) is 61.5 Å². The lowest BCUT2D eigenvalue weighted by Gasteiger charge is -2.30. The van der Waals surface area contributed by atoms with E-state index < -0.39 is 17.6 Å². The Morgan fingerprint density at radius 3 is 2.53 bits per heavy atom. The molecule has 3 aromatic rings. The van der Waals surface area contributed by atoms with E-state index >= 15 is 4.39 Å². The number of hydrogen-bond acceptors (Lipinski definition) is 5. The van der Waals surface area contributed by atoms with Gasteiger partial charge >= 0.3 is 0 Å². The van der Waals surface area contributed by atoms with Crippen LogP contribution >= 0.6 is 23.4 Å². The van der Waals surface area contributed by atoms with Crippen molar-refractivity contribution in [1.82, 2.24) is 5.32 Å². The minimum absolute atomic E-state index is 0.254. The number of thioether (sulfide) groups is 1. The lowest BCUT2D eigenvalue weighted by molar-refractivity contribution is -0.113. The zero-order chi connectivity index (χ0) is 25.7. The molecule has 3 aromatic carbocycles. The number of para-hydroxylation sites is 2. The molecule has 0 unspecified atom stereocenters. The third kappa shape index (κ3) is 5.40. The molecule has 8 heteroatoms. The molecule has 1 atom stereocenters. The van der Waals surface area contributed by atoms with Gasteiger partial charge in [0.2, 0.25) is 0 Å². The SMILES string of the molecule is COc1ccccc1NC(=O)C1=C(C)NC(SCc2ccc(Cl)cc2)=C(C#N)[C@H]1c1ccccc1F. The van der Waals surface area contributed by atoms with Gasteiger partial charge in [0.05, 0.1) is 35.4 Å². The van der Waals surface area contributed by atoms with Crippen molar-refractivity contribution in [2.75, 3.05) is 12.4 Å². The van der Waals surface area contributed by atoms with Crippen LogP contribution in [0.25, 0.3) is 0 Å². The fourth-order valence-electron chi connectivity index (χ4n) is 4.02. The Bertz CT molecular complexity index is 1400. The Labute approximate surface area is 218 Å². The summed E-state index contributed by atoms with van der Waals surface area (Å²) < 4.78 is 20.4. The number of hydrogen-bond donors (Lipinski definition) is 2. The van der Waals surface area contributed by atoms with Gasteiger partial charge in [-0.25, -0.2) is 4.39 Å². The molecule has 0 aliphatic carbocycles. The van der Waals surface area contributed by atoms with Crippen LogP contribution in [-0.4, -0.2) is 13.0 Å². The second kappa shape index (κ2) is 11.3. The van der Waals surface area contributed by atoms with Crippen molar-refractivity contribution in [3.8, 4) is 11.8 Å². The molecule has 5 nitrogen and oxygen atoms in total. The summed E-state index contributed by atoms with van der Waals surface area (Å²) in [5, 5.41) is 17.5. The summed E-state index contributed by atoms with van der Waals surface area (Å²) in [6, 6.07) is 22.9. The van der Waals surface area contributed by atoms with E-state index in [1.165, 1.54) is 24.9 Å². The van der Waals surface area contributed by atoms with Crippen LogP contribution in [0, 0.1) is 17.1 Å². The monoisotopic (exact) mass is 519 g/mol. The maximum Gasteiger partial charge on any atom is 0.254 e. The number of halogens is 2. The van der Waals surface area contributed by atoms with Crippen molar-refractivity contribution >= 4 is 35.0 Å². The van der Waals surface area contributed by atoms with Crippen molar-refractivity contribution in [2.24, 2.45) is 0 Å². The fourth-order valence-corrected chi connectivity index (χ4v) is 5.20. The Morgan fingerprint density at radius 1 is 1.14 bits per heavy atom. The molecule has 1 heterocycles. The van der Waals surface area contributed by atoms with Crippen molar-refractivity contribution in [2.45, 2.75) is 18.6 Å². The third-order valence-electron chi connectivity index (χ3n) is 5.76. The summed E-state index contributed by atoms with van der Waals surface area (Å²) in [5.41, 5.74) is 2.81. The molecule has 0 fully saturated rings. The molecule has 0 bridgehead atoms. The summed E-state index contributed by atoms with van der Waals surface area (Å²) in [5.74, 6) is -0.780. The summed E-state index contributed by atoms with van der Waals surface area (Å²) >= 11 is 7.41. The number of allylic oxidation sites excluding steroid dienone is 2. The second-order valence-corrected chi connectivity index (χ2v) is 9.46. The third-order valence-corrected chi connectivity index (χ3v) is 7.10. The molecule has 0 radical (unpaired) electrons. The number of nitrogens with one attached hydrogen (secondary N) is 2. The number of carbonyl (C=O) groups is 1. The number of carbonyl (C=O) groups excluding carboxylic acids is 1. The van der Waals surface area contributed by atoms with Gasteiger partial charge in [0, 0.05) is 27.6 Å². The average Bonchev–Trinajstić information content (AvgIpc) is 2.88. The molecule has 2 N–H and O–H groups in total. The first kappa shape index (κ1) is 25.4. The minimum atomic E-state index is -0.889. The van der Waals surface area contributed by atoms with Crippen molar-refractivity contribution in [1.29, 1.82) is 5.26 Å². The highest BCUT2D eigenvalue weighted by Gasteiger charge is 2.36. The Kier molecular flexibility index (Phi) is 7.99. The van der Waals surface area contributed by atoms with Gasteiger partial charge in [-0.15, -0.1) is 11.8 Å². The number of anilines is 1. The van der Waals surface area contributed by atoms with E-state index in [9.17, 15) is 10.1 Å². The molecule has 0 saturated heterocycles. The topological polar surface area (TPSA) is 74.2 Å². The number of nitrogens with zero attached hydrogens (tertiary/aromatic N) is 1. The van der Waals surface area contributed by atoms with Gasteiger partial charge in [-0.05, 0) is 42.8 Å². The summed E-state index contributed by atoms with van der Waals surface area (Å²) in [7, 11) is 1.51. The van der Waals surface area contributed by atoms with Crippen LogP contribution in [0.3, 0.4) is 0 Å². The van der Waals surface area contributed by atoms with E-state index in [1.807, 2.05) is 12.1 Å². The van der Waals surface area contributed by atoms with Gasteiger partial charge in [-0.3, -0.25) is 4.79 Å². The largest absolute Gasteiger partial charge is 0.495 e. The zero-order valence-corrected chi connectivity index (χ0v) is 21.2. The normalized spacial score (nSPS) is 15.2. The van der Waals surface area contributed by atoms with Gasteiger partial charge < -0.3 is 15.4 Å². The molecule has 0 aromatic heterocycles. The van der Waals surface area contributed by atoms with Crippen LogP contribution in [-0.2, 0) is 10.5 Å². The van der Waals surface area contributed by atoms with Gasteiger partial charge in [-0.1, -0.05) is 54.1 Å². The molecule has 0 spiro atoms. The maximum absolute atomic E-state index is 15.1. The second-order valence-electron chi connectivity index (χ2n) is 8.04. The van der Waals surface area contributed by atoms with E-state index in [-0.39, 0.29) is 16.7 Å². The number of ether oxygens (including phenoxy) is 1. The highest BCUT2D eigenvalue weighted by molar-refractivity contribution is 8.02.